The van der Waals surface area contributed by atoms with Crippen molar-refractivity contribution < 1.29 is 47.7 Å². The van der Waals surface area contributed by atoms with Crippen molar-refractivity contribution in [3.63, 3.8) is 0 Å². The van der Waals surface area contributed by atoms with E-state index in [0.717, 1.165) is 18.4 Å². The van der Waals surface area contributed by atoms with Crippen LogP contribution in [0.4, 0.5) is 0 Å². The van der Waals surface area contributed by atoms with Crippen LogP contribution >= 0.6 is 0 Å². The quantitative estimate of drug-likeness (QED) is 0.0561. The zero-order valence-electron chi connectivity index (χ0n) is 28.8. The third-order valence-electron chi connectivity index (χ3n) is 6.54. The molecule has 0 spiro atoms. The van der Waals surface area contributed by atoms with E-state index in [1.165, 1.54) is 0 Å². The average molecular weight is 695 g/mol. The monoisotopic (exact) mass is 694 g/mol. The third kappa shape index (κ3) is 24.6. The summed E-state index contributed by atoms with van der Waals surface area (Å²) in [6.45, 7) is 6.50. The van der Waals surface area contributed by atoms with Gasteiger partial charge in [-0.1, -0.05) is 43.7 Å². The zero-order valence-corrected chi connectivity index (χ0v) is 28.8. The molecule has 0 fully saturated rings. The van der Waals surface area contributed by atoms with Crippen molar-refractivity contribution in [2.75, 3.05) is 85.6 Å². The lowest BCUT2D eigenvalue weighted by Gasteiger charge is -2.19. The Labute approximate surface area is 288 Å². The molecule has 0 radical (unpaired) electrons. The van der Waals surface area contributed by atoms with Gasteiger partial charge in [-0.15, -0.1) is 0 Å². The van der Waals surface area contributed by atoms with Crippen LogP contribution in [0.2, 0.25) is 0 Å². The highest BCUT2D eigenvalue weighted by atomic mass is 16.6. The molecule has 0 aliphatic rings. The van der Waals surface area contributed by atoms with Gasteiger partial charge in [-0.05, 0) is 18.9 Å². The fourth-order valence-electron chi connectivity index (χ4n) is 3.98. The standard InChI is InChI=1S/C33H54N6O10/c1-3-5-11-28(40)35-13-15-47-17-19-49-21-20-48-18-16-46-14-12-29(41)36-23-31(43)37-25-32(44)39-27(22-26-9-7-6-8-10-26)33(45)38-24-30(42)34-4-2/h6-10,27H,3-5,11-25H2,1-2H3,(H,34,42)(H,35,40)(H,36,41)(H,37,43)(H,38,45)(H,39,44)/t27-/m0/s1. The average Bonchev–Trinajstić information content (AvgIpc) is 3.09. The normalized spacial score (nSPS) is 11.2. The first kappa shape index (κ1) is 42.9. The van der Waals surface area contributed by atoms with E-state index in [0.29, 0.717) is 59.2 Å². The SMILES string of the molecule is CCCCC(=O)NCCOCCOCCOCCOCCC(=O)NCC(=O)NCC(=O)N[C@@H](Cc1ccccc1)C(=O)NCC(=O)NCC. The van der Waals surface area contributed by atoms with E-state index in [-0.39, 0.29) is 51.0 Å². The van der Waals surface area contributed by atoms with E-state index >= 15 is 0 Å². The molecule has 0 bridgehead atoms. The molecule has 1 aromatic carbocycles. The Kier molecular flexibility index (Phi) is 25.3. The highest BCUT2D eigenvalue weighted by molar-refractivity contribution is 5.92. The molecule has 0 saturated carbocycles. The van der Waals surface area contributed by atoms with Crippen molar-refractivity contribution in [3.8, 4) is 0 Å². The van der Waals surface area contributed by atoms with E-state index in [9.17, 15) is 28.8 Å². The van der Waals surface area contributed by atoms with Gasteiger partial charge in [0.25, 0.3) is 0 Å². The summed E-state index contributed by atoms with van der Waals surface area (Å²) >= 11 is 0. The molecule has 0 aliphatic carbocycles. The maximum atomic E-state index is 12.7. The summed E-state index contributed by atoms with van der Waals surface area (Å²) in [5.74, 6) is -2.45. The van der Waals surface area contributed by atoms with E-state index in [2.05, 4.69) is 31.9 Å². The molecule has 1 rings (SSSR count). The van der Waals surface area contributed by atoms with Crippen molar-refractivity contribution >= 4 is 35.4 Å². The van der Waals surface area contributed by atoms with E-state index in [4.69, 9.17) is 18.9 Å². The summed E-state index contributed by atoms with van der Waals surface area (Å²) in [4.78, 5) is 72.6. The highest BCUT2D eigenvalue weighted by Crippen LogP contribution is 2.03. The van der Waals surface area contributed by atoms with Gasteiger partial charge in [0.2, 0.25) is 35.4 Å². The van der Waals surface area contributed by atoms with Gasteiger partial charge in [0.1, 0.15) is 6.04 Å². The smallest absolute Gasteiger partial charge is 0.243 e. The van der Waals surface area contributed by atoms with Crippen LogP contribution in [0.15, 0.2) is 30.3 Å². The van der Waals surface area contributed by atoms with Crippen molar-refractivity contribution in [2.24, 2.45) is 0 Å². The number of carbonyl (C=O) groups excluding carboxylic acids is 6. The van der Waals surface area contributed by atoms with Crippen molar-refractivity contribution in [1.29, 1.82) is 0 Å². The van der Waals surface area contributed by atoms with Gasteiger partial charge in [-0.25, -0.2) is 0 Å². The van der Waals surface area contributed by atoms with Gasteiger partial charge >= 0.3 is 0 Å². The van der Waals surface area contributed by atoms with Crippen LogP contribution in [0.3, 0.4) is 0 Å². The number of carbonyl (C=O) groups is 6. The van der Waals surface area contributed by atoms with Gasteiger partial charge in [-0.2, -0.15) is 0 Å². The van der Waals surface area contributed by atoms with Crippen LogP contribution in [-0.2, 0) is 54.1 Å². The van der Waals surface area contributed by atoms with E-state index < -0.39 is 36.2 Å². The predicted molar refractivity (Wildman–Crippen MR) is 180 cm³/mol. The fourth-order valence-corrected chi connectivity index (χ4v) is 3.98. The second kappa shape index (κ2) is 28.9. The lowest BCUT2D eigenvalue weighted by Crippen LogP contribution is -2.52. The Morgan fingerprint density at radius 2 is 1.10 bits per heavy atom. The zero-order chi connectivity index (χ0) is 36.0. The van der Waals surface area contributed by atoms with Gasteiger partial charge in [0.05, 0.1) is 72.5 Å². The Hall–Kier alpha value is -4.12. The van der Waals surface area contributed by atoms with Crippen LogP contribution < -0.4 is 31.9 Å². The number of unbranched alkanes of at least 4 members (excludes halogenated alkanes) is 1. The summed E-state index contributed by atoms with van der Waals surface area (Å²) in [5, 5.41) is 15.3. The molecule has 6 N–H and O–H groups in total. The summed E-state index contributed by atoms with van der Waals surface area (Å²) in [6, 6.07) is 8.06. The van der Waals surface area contributed by atoms with Crippen molar-refractivity contribution in [2.45, 2.75) is 52.0 Å². The molecule has 16 nitrogen and oxygen atoms in total. The molecule has 16 heteroatoms. The molecule has 0 heterocycles. The summed E-state index contributed by atoms with van der Waals surface area (Å²) in [7, 11) is 0. The number of nitrogens with one attached hydrogen (secondary N) is 6. The summed E-state index contributed by atoms with van der Waals surface area (Å²) in [5.41, 5.74) is 0.797. The number of hydrogen-bond donors (Lipinski definition) is 6. The predicted octanol–water partition coefficient (Wildman–Crippen LogP) is -1.04. The molecule has 1 atom stereocenters. The molecule has 276 valence electrons. The molecule has 0 unspecified atom stereocenters. The second-order valence-corrected chi connectivity index (χ2v) is 10.7. The molecular weight excluding hydrogens is 640 g/mol. The molecule has 49 heavy (non-hydrogen) atoms. The molecule has 6 amide bonds. The lowest BCUT2D eigenvalue weighted by atomic mass is 10.1. The molecule has 1 aromatic rings. The minimum Gasteiger partial charge on any atom is -0.379 e. The Balaban J connectivity index is 2.10. The largest absolute Gasteiger partial charge is 0.379 e. The number of likely N-dealkylation sites (N-methyl/N-ethyl adjacent to an activating group) is 1. The molecule has 0 saturated heterocycles. The van der Waals surface area contributed by atoms with Gasteiger partial charge in [0.15, 0.2) is 0 Å². The molecule has 0 aromatic heterocycles. The summed E-state index contributed by atoms with van der Waals surface area (Å²) in [6.07, 6.45) is 2.62. The minimum absolute atomic E-state index is 0.0336. The number of ether oxygens (including phenoxy) is 4. The van der Waals surface area contributed by atoms with Crippen LogP contribution in [0, 0.1) is 0 Å². The van der Waals surface area contributed by atoms with Crippen LogP contribution in [0.25, 0.3) is 0 Å². The Morgan fingerprint density at radius 3 is 1.73 bits per heavy atom. The second-order valence-electron chi connectivity index (χ2n) is 10.7. The van der Waals surface area contributed by atoms with E-state index in [1.54, 1.807) is 31.2 Å². The first-order valence-electron chi connectivity index (χ1n) is 16.7. The van der Waals surface area contributed by atoms with Gasteiger partial charge < -0.3 is 50.8 Å². The van der Waals surface area contributed by atoms with Gasteiger partial charge in [0, 0.05) is 32.4 Å². The topological polar surface area (TPSA) is 212 Å². The van der Waals surface area contributed by atoms with Crippen molar-refractivity contribution in [3.05, 3.63) is 35.9 Å². The van der Waals surface area contributed by atoms with Crippen LogP contribution in [0.5, 0.6) is 0 Å². The number of benzene rings is 1. The van der Waals surface area contributed by atoms with Crippen LogP contribution in [0.1, 0.15) is 45.1 Å². The fraction of sp³-hybridized carbons (Fsp3) is 0.636. The highest BCUT2D eigenvalue weighted by Gasteiger charge is 2.22. The summed E-state index contributed by atoms with van der Waals surface area (Å²) < 4.78 is 21.6. The lowest BCUT2D eigenvalue weighted by molar-refractivity contribution is -0.131. The first-order valence-corrected chi connectivity index (χ1v) is 16.7. The number of rotatable bonds is 29. The third-order valence-corrected chi connectivity index (χ3v) is 6.54. The van der Waals surface area contributed by atoms with E-state index in [1.807, 2.05) is 13.0 Å². The number of amides is 6. The molecule has 0 aliphatic heterocycles. The molecular formula is C33H54N6O10. The maximum absolute atomic E-state index is 12.7. The number of hydrogen-bond acceptors (Lipinski definition) is 10. The Bertz CT molecular complexity index is 1110. The van der Waals surface area contributed by atoms with Crippen LogP contribution in [-0.4, -0.2) is 127 Å². The van der Waals surface area contributed by atoms with Crippen molar-refractivity contribution in [1.82, 2.24) is 31.9 Å². The first-order chi connectivity index (χ1) is 23.7. The Morgan fingerprint density at radius 1 is 0.571 bits per heavy atom. The maximum Gasteiger partial charge on any atom is 0.243 e. The minimum atomic E-state index is -0.974. The van der Waals surface area contributed by atoms with Gasteiger partial charge in [-0.3, -0.25) is 28.8 Å².